The lowest BCUT2D eigenvalue weighted by Crippen LogP contribution is -2.31. The van der Waals surface area contributed by atoms with Crippen LogP contribution in [-0.4, -0.2) is 26.4 Å². The molecule has 0 fully saturated rings. The van der Waals surface area contributed by atoms with Crippen molar-refractivity contribution >= 4 is 34.4 Å². The molecule has 1 aromatic carbocycles. The molecule has 0 N–H and O–H groups in total. The van der Waals surface area contributed by atoms with Gasteiger partial charge in [-0.15, -0.1) is 0 Å². The Balaban J connectivity index is 2.98. The third-order valence-electron chi connectivity index (χ3n) is 2.16. The van der Waals surface area contributed by atoms with Gasteiger partial charge in [-0.25, -0.2) is 4.79 Å². The molecule has 0 aliphatic rings. The summed E-state index contributed by atoms with van der Waals surface area (Å²) < 4.78 is 12.9. The van der Waals surface area contributed by atoms with Gasteiger partial charge in [0.1, 0.15) is 5.75 Å². The van der Waals surface area contributed by atoms with Gasteiger partial charge in [-0.2, -0.15) is 0 Å². The zero-order chi connectivity index (χ0) is 13.4. The molecule has 0 bridgehead atoms. The zero-order valence-electron chi connectivity index (χ0n) is 10.3. The van der Waals surface area contributed by atoms with Gasteiger partial charge in [-0.05, 0) is 23.0 Å². The fourth-order valence-corrected chi connectivity index (χ4v) is 1.52. The van der Waals surface area contributed by atoms with Gasteiger partial charge in [0.2, 0.25) is 0 Å². The van der Waals surface area contributed by atoms with Crippen molar-refractivity contribution in [3.63, 3.8) is 0 Å². The summed E-state index contributed by atoms with van der Waals surface area (Å²) in [5, 5.41) is 0. The van der Waals surface area contributed by atoms with Crippen LogP contribution in [0.3, 0.4) is 0 Å². The molecule has 0 aliphatic heterocycles. The highest BCUT2D eigenvalue weighted by Gasteiger charge is 2.16. The number of hydrogen-bond donors (Lipinski definition) is 0. The van der Waals surface area contributed by atoms with Gasteiger partial charge in [0, 0.05) is 28.7 Å². The first kappa shape index (κ1) is 14.6. The standard InChI is InChI=1S/C13H14INO3/c1-3-18-13(16)15(9-5-8-14)11-6-4-7-12(10-11)17-2/h4,6-7,10H,3,9H2,1-2H3. The Morgan fingerprint density at radius 3 is 2.89 bits per heavy atom. The second kappa shape index (κ2) is 7.82. The molecule has 1 rings (SSSR count). The normalized spacial score (nSPS) is 9.06. The van der Waals surface area contributed by atoms with E-state index in [9.17, 15) is 4.79 Å². The van der Waals surface area contributed by atoms with Crippen LogP contribution in [0.15, 0.2) is 24.3 Å². The van der Waals surface area contributed by atoms with Crippen molar-refractivity contribution in [3.8, 4) is 15.6 Å². The van der Waals surface area contributed by atoms with Crippen LogP contribution in [0.4, 0.5) is 10.5 Å². The molecular formula is C13H14INO3. The van der Waals surface area contributed by atoms with Crippen molar-refractivity contribution in [2.75, 3.05) is 25.2 Å². The van der Waals surface area contributed by atoms with E-state index in [2.05, 4.69) is 9.85 Å². The molecule has 5 heteroatoms. The number of carbonyl (C=O) groups is 1. The Bertz CT molecular complexity index is 465. The molecule has 0 heterocycles. The fourth-order valence-electron chi connectivity index (χ4n) is 1.35. The number of halogens is 1. The summed E-state index contributed by atoms with van der Waals surface area (Å²) in [6.07, 6.45) is -0.412. The average Bonchev–Trinajstić information content (AvgIpc) is 2.40. The van der Waals surface area contributed by atoms with E-state index in [-0.39, 0.29) is 6.54 Å². The van der Waals surface area contributed by atoms with Crippen LogP contribution in [0.5, 0.6) is 5.75 Å². The quantitative estimate of drug-likeness (QED) is 0.613. The number of rotatable bonds is 4. The van der Waals surface area contributed by atoms with Crippen LogP contribution in [0, 0.1) is 9.85 Å². The SMILES string of the molecule is CCOC(=O)N(CC#CI)c1cccc(OC)c1. The van der Waals surface area contributed by atoms with Crippen LogP contribution in [0.25, 0.3) is 0 Å². The number of nitrogens with zero attached hydrogens (tertiary/aromatic N) is 1. The third kappa shape index (κ3) is 4.11. The molecule has 1 amide bonds. The monoisotopic (exact) mass is 359 g/mol. The predicted octanol–water partition coefficient (Wildman–Crippen LogP) is 3.05. The Kier molecular flexibility index (Phi) is 6.36. The van der Waals surface area contributed by atoms with Gasteiger partial charge in [-0.1, -0.05) is 12.0 Å². The summed E-state index contributed by atoms with van der Waals surface area (Å²) >= 11 is 1.93. The molecule has 0 spiro atoms. The van der Waals surface area contributed by atoms with Crippen molar-refractivity contribution in [3.05, 3.63) is 24.3 Å². The number of amides is 1. The van der Waals surface area contributed by atoms with E-state index < -0.39 is 6.09 Å². The number of hydrogen-bond acceptors (Lipinski definition) is 3. The summed E-state index contributed by atoms with van der Waals surface area (Å²) in [4.78, 5) is 13.3. The minimum absolute atomic E-state index is 0.287. The molecule has 0 unspecified atom stereocenters. The molecule has 4 nitrogen and oxygen atoms in total. The molecular weight excluding hydrogens is 345 g/mol. The van der Waals surface area contributed by atoms with Crippen molar-refractivity contribution in [1.82, 2.24) is 0 Å². The molecule has 0 saturated heterocycles. The van der Waals surface area contributed by atoms with Crippen LogP contribution >= 0.6 is 22.6 Å². The number of carbonyl (C=O) groups excluding carboxylic acids is 1. The smallest absolute Gasteiger partial charge is 0.415 e. The fraction of sp³-hybridized carbons (Fsp3) is 0.308. The predicted molar refractivity (Wildman–Crippen MR) is 79.2 cm³/mol. The minimum Gasteiger partial charge on any atom is -0.497 e. The first-order chi connectivity index (χ1) is 8.72. The van der Waals surface area contributed by atoms with Crippen molar-refractivity contribution in [2.24, 2.45) is 0 Å². The number of anilines is 1. The Morgan fingerprint density at radius 2 is 2.28 bits per heavy atom. The summed E-state index contributed by atoms with van der Waals surface area (Å²) in [6.45, 7) is 2.39. The number of ether oxygens (including phenoxy) is 2. The largest absolute Gasteiger partial charge is 0.497 e. The maximum Gasteiger partial charge on any atom is 0.415 e. The lowest BCUT2D eigenvalue weighted by atomic mass is 10.3. The summed E-state index contributed by atoms with van der Waals surface area (Å²) in [5.41, 5.74) is 0.701. The van der Waals surface area contributed by atoms with E-state index in [0.29, 0.717) is 18.0 Å². The number of benzene rings is 1. The molecule has 96 valence electrons. The first-order valence-electron chi connectivity index (χ1n) is 5.39. The Hall–Kier alpha value is -1.42. The molecule has 0 radical (unpaired) electrons. The Labute approximate surface area is 120 Å². The summed E-state index contributed by atoms with van der Waals surface area (Å²) in [5.74, 6) is 3.53. The van der Waals surface area contributed by atoms with Crippen molar-refractivity contribution < 1.29 is 14.3 Å². The van der Waals surface area contributed by atoms with Crippen LogP contribution in [0.2, 0.25) is 0 Å². The lowest BCUT2D eigenvalue weighted by molar-refractivity contribution is 0.160. The van der Waals surface area contributed by atoms with Gasteiger partial charge >= 0.3 is 6.09 Å². The molecule has 0 atom stereocenters. The van der Waals surface area contributed by atoms with E-state index >= 15 is 0 Å². The second-order valence-electron chi connectivity index (χ2n) is 3.26. The van der Waals surface area contributed by atoms with Gasteiger partial charge in [0.25, 0.3) is 0 Å². The van der Waals surface area contributed by atoms with Gasteiger partial charge in [0.15, 0.2) is 0 Å². The summed E-state index contributed by atoms with van der Waals surface area (Å²) in [6, 6.07) is 7.22. The van der Waals surface area contributed by atoms with E-state index in [1.807, 2.05) is 40.8 Å². The van der Waals surface area contributed by atoms with Crippen LogP contribution in [0.1, 0.15) is 6.92 Å². The van der Waals surface area contributed by atoms with Crippen molar-refractivity contribution in [1.29, 1.82) is 0 Å². The van der Waals surface area contributed by atoms with Gasteiger partial charge in [-0.3, -0.25) is 4.90 Å². The zero-order valence-corrected chi connectivity index (χ0v) is 12.4. The highest BCUT2D eigenvalue weighted by Crippen LogP contribution is 2.21. The second-order valence-corrected chi connectivity index (χ2v) is 3.80. The Morgan fingerprint density at radius 1 is 1.50 bits per heavy atom. The molecule has 1 aromatic rings. The minimum atomic E-state index is -0.412. The van der Waals surface area contributed by atoms with Crippen LogP contribution in [-0.2, 0) is 4.74 Å². The van der Waals surface area contributed by atoms with Gasteiger partial charge < -0.3 is 9.47 Å². The first-order valence-corrected chi connectivity index (χ1v) is 6.47. The maximum absolute atomic E-state index is 11.8. The topological polar surface area (TPSA) is 38.8 Å². The van der Waals surface area contributed by atoms with E-state index in [4.69, 9.17) is 9.47 Å². The lowest BCUT2D eigenvalue weighted by Gasteiger charge is -2.19. The molecule has 0 aromatic heterocycles. The highest BCUT2D eigenvalue weighted by molar-refractivity contribution is 14.1. The van der Waals surface area contributed by atoms with E-state index in [1.54, 1.807) is 20.1 Å². The van der Waals surface area contributed by atoms with E-state index in [1.165, 1.54) is 4.90 Å². The molecule has 0 aliphatic carbocycles. The molecule has 0 saturated carbocycles. The number of methoxy groups -OCH3 is 1. The average molecular weight is 359 g/mol. The maximum atomic E-state index is 11.8. The van der Waals surface area contributed by atoms with E-state index in [0.717, 1.165) is 0 Å². The van der Waals surface area contributed by atoms with Gasteiger partial charge in [0.05, 0.1) is 25.9 Å². The third-order valence-corrected chi connectivity index (χ3v) is 2.54. The molecule has 18 heavy (non-hydrogen) atoms. The van der Waals surface area contributed by atoms with Crippen molar-refractivity contribution in [2.45, 2.75) is 6.92 Å². The van der Waals surface area contributed by atoms with Crippen LogP contribution < -0.4 is 9.64 Å². The summed E-state index contributed by atoms with van der Waals surface area (Å²) in [7, 11) is 1.58. The highest BCUT2D eigenvalue weighted by atomic mass is 127.